The second-order valence-corrected chi connectivity index (χ2v) is 11.6. The molecule has 5 rings (SSSR count). The Morgan fingerprint density at radius 1 is 1.05 bits per heavy atom. The van der Waals surface area contributed by atoms with Crippen LogP contribution in [0.25, 0.3) is 11.8 Å². The average Bonchev–Trinajstić information content (AvgIpc) is 3.24. The highest BCUT2D eigenvalue weighted by atomic mass is 127. The van der Waals surface area contributed by atoms with E-state index in [1.807, 2.05) is 72.8 Å². The smallest absolute Gasteiger partial charge is 0.338 e. The quantitative estimate of drug-likeness (QED) is 0.203. The van der Waals surface area contributed by atoms with Crippen molar-refractivity contribution in [2.75, 3.05) is 6.61 Å². The van der Waals surface area contributed by atoms with Crippen LogP contribution in [0, 0.1) is 3.57 Å². The summed E-state index contributed by atoms with van der Waals surface area (Å²) in [7, 11) is 0. The molecule has 192 valence electrons. The van der Waals surface area contributed by atoms with Gasteiger partial charge in [-0.15, -0.1) is 0 Å². The Morgan fingerprint density at radius 2 is 1.74 bits per heavy atom. The van der Waals surface area contributed by atoms with Crippen LogP contribution in [0.4, 0.5) is 0 Å². The number of halogens is 1. The Bertz CT molecular complexity index is 1680. The molecule has 1 aliphatic rings. The summed E-state index contributed by atoms with van der Waals surface area (Å²) in [4.78, 5) is 32.9. The van der Waals surface area contributed by atoms with Crippen molar-refractivity contribution in [1.29, 1.82) is 0 Å². The summed E-state index contributed by atoms with van der Waals surface area (Å²) in [6, 6.07) is 25.1. The van der Waals surface area contributed by atoms with Gasteiger partial charge in [0, 0.05) is 9.13 Å². The predicted octanol–water partition coefficient (Wildman–Crippen LogP) is 5.66. The molecule has 1 atom stereocenters. The van der Waals surface area contributed by atoms with Crippen LogP contribution in [-0.4, -0.2) is 17.1 Å². The average molecular weight is 635 g/mol. The van der Waals surface area contributed by atoms with Crippen LogP contribution in [0.3, 0.4) is 0 Å². The standard InChI is InChI=1S/C31H27IN2O3S/c1-4-37-30(36)26-27(22-8-6-5-7-9-22)33-31-34(28(26)23-14-12-21(13-15-23)19(2)3)29(35)25(38-31)18-20-10-16-24(32)17-11-20/h5-19,28H,4H2,1-3H3/b25-18-/t28-/m0/s1. The lowest BCUT2D eigenvalue weighted by molar-refractivity contribution is -0.138. The lowest BCUT2D eigenvalue weighted by Crippen LogP contribution is -2.40. The fourth-order valence-electron chi connectivity index (χ4n) is 4.53. The van der Waals surface area contributed by atoms with Gasteiger partial charge in [0.1, 0.15) is 0 Å². The van der Waals surface area contributed by atoms with E-state index < -0.39 is 12.0 Å². The topological polar surface area (TPSA) is 60.7 Å². The third-order valence-electron chi connectivity index (χ3n) is 6.46. The first-order valence-electron chi connectivity index (χ1n) is 12.5. The van der Waals surface area contributed by atoms with E-state index in [0.29, 0.717) is 26.5 Å². The second kappa shape index (κ2) is 11.2. The number of rotatable bonds is 6. The Labute approximate surface area is 239 Å². The van der Waals surface area contributed by atoms with Gasteiger partial charge in [0.15, 0.2) is 4.80 Å². The van der Waals surface area contributed by atoms with Gasteiger partial charge < -0.3 is 4.74 Å². The Morgan fingerprint density at radius 3 is 2.37 bits per heavy atom. The molecule has 0 saturated carbocycles. The number of aromatic nitrogens is 1. The molecule has 38 heavy (non-hydrogen) atoms. The molecule has 0 N–H and O–H groups in total. The molecule has 3 aromatic carbocycles. The summed E-state index contributed by atoms with van der Waals surface area (Å²) in [6.45, 7) is 6.28. The van der Waals surface area contributed by atoms with E-state index in [1.165, 1.54) is 16.9 Å². The zero-order chi connectivity index (χ0) is 26.8. The molecule has 0 fully saturated rings. The van der Waals surface area contributed by atoms with Crippen molar-refractivity contribution in [3.63, 3.8) is 0 Å². The van der Waals surface area contributed by atoms with Gasteiger partial charge in [-0.2, -0.15) is 0 Å². The van der Waals surface area contributed by atoms with Crippen molar-refractivity contribution >= 4 is 51.7 Å². The summed E-state index contributed by atoms with van der Waals surface area (Å²) < 4.78 is 8.87. The van der Waals surface area contributed by atoms with Gasteiger partial charge >= 0.3 is 5.97 Å². The van der Waals surface area contributed by atoms with Crippen LogP contribution < -0.4 is 14.9 Å². The summed E-state index contributed by atoms with van der Waals surface area (Å²) in [5.41, 5.74) is 4.47. The second-order valence-electron chi connectivity index (χ2n) is 9.30. The van der Waals surface area contributed by atoms with E-state index in [1.54, 1.807) is 11.5 Å². The molecule has 4 aromatic rings. The minimum Gasteiger partial charge on any atom is -0.463 e. The number of fused-ring (bicyclic) bond motifs is 1. The molecular formula is C31H27IN2O3S. The highest BCUT2D eigenvalue weighted by Crippen LogP contribution is 2.35. The first kappa shape index (κ1) is 26.3. The normalized spacial score (nSPS) is 15.4. The molecule has 0 spiro atoms. The van der Waals surface area contributed by atoms with Crippen molar-refractivity contribution in [3.8, 4) is 0 Å². The van der Waals surface area contributed by atoms with Gasteiger partial charge in [-0.25, -0.2) is 9.79 Å². The van der Waals surface area contributed by atoms with E-state index in [-0.39, 0.29) is 12.2 Å². The third-order valence-corrected chi connectivity index (χ3v) is 8.16. The highest BCUT2D eigenvalue weighted by molar-refractivity contribution is 14.1. The molecular weight excluding hydrogens is 607 g/mol. The molecule has 0 aliphatic carbocycles. The minimum atomic E-state index is -0.666. The predicted molar refractivity (Wildman–Crippen MR) is 161 cm³/mol. The number of esters is 1. The first-order chi connectivity index (χ1) is 18.4. The van der Waals surface area contributed by atoms with Crippen LogP contribution in [0.2, 0.25) is 0 Å². The summed E-state index contributed by atoms with van der Waals surface area (Å²) in [6.07, 6.45) is 1.88. The van der Waals surface area contributed by atoms with Crippen LogP contribution in [0.1, 0.15) is 55.0 Å². The molecule has 1 aromatic heterocycles. The lowest BCUT2D eigenvalue weighted by atomic mass is 9.91. The van der Waals surface area contributed by atoms with Gasteiger partial charge in [0.2, 0.25) is 0 Å². The number of hydrogen-bond acceptors (Lipinski definition) is 5. The van der Waals surface area contributed by atoms with Crippen LogP contribution in [0.5, 0.6) is 0 Å². The largest absolute Gasteiger partial charge is 0.463 e. The molecule has 7 heteroatoms. The number of benzene rings is 3. The molecule has 0 radical (unpaired) electrons. The van der Waals surface area contributed by atoms with Gasteiger partial charge in [-0.05, 0) is 70.3 Å². The Balaban J connectivity index is 1.81. The fraction of sp³-hybridized carbons (Fsp3) is 0.194. The van der Waals surface area contributed by atoms with E-state index in [4.69, 9.17) is 9.73 Å². The van der Waals surface area contributed by atoms with E-state index in [9.17, 15) is 9.59 Å². The molecule has 0 saturated heterocycles. The van der Waals surface area contributed by atoms with Crippen molar-refractivity contribution in [2.45, 2.75) is 32.7 Å². The van der Waals surface area contributed by atoms with Crippen molar-refractivity contribution in [3.05, 3.63) is 130 Å². The van der Waals surface area contributed by atoms with Gasteiger partial charge in [-0.1, -0.05) is 91.9 Å². The summed E-state index contributed by atoms with van der Waals surface area (Å²) >= 11 is 3.59. The maximum absolute atomic E-state index is 13.9. The molecule has 1 aliphatic heterocycles. The van der Waals surface area contributed by atoms with Gasteiger partial charge in [-0.3, -0.25) is 9.36 Å². The lowest BCUT2D eigenvalue weighted by Gasteiger charge is -2.26. The Kier molecular flexibility index (Phi) is 7.76. The summed E-state index contributed by atoms with van der Waals surface area (Å²) in [5, 5.41) is 0. The first-order valence-corrected chi connectivity index (χ1v) is 14.4. The number of nitrogens with zero attached hydrogens (tertiary/aromatic N) is 2. The number of carbonyl (C=O) groups is 1. The van der Waals surface area contributed by atoms with Crippen molar-refractivity contribution in [2.24, 2.45) is 4.99 Å². The van der Waals surface area contributed by atoms with Crippen LogP contribution >= 0.6 is 33.9 Å². The molecule has 0 amide bonds. The maximum Gasteiger partial charge on any atom is 0.338 e. The number of thiazole rings is 1. The number of ether oxygens (including phenoxy) is 1. The molecule has 5 nitrogen and oxygen atoms in total. The maximum atomic E-state index is 13.9. The SMILES string of the molecule is CCOC(=O)C1=C(c2ccccc2)N=c2s/c(=C\c3ccc(I)cc3)c(=O)n2[C@H]1c1ccc(C(C)C)cc1. The Hall–Kier alpha value is -3.30. The van der Waals surface area contributed by atoms with Crippen LogP contribution in [-0.2, 0) is 9.53 Å². The number of carbonyl (C=O) groups excluding carboxylic acids is 1. The molecule has 2 heterocycles. The van der Waals surface area contributed by atoms with Gasteiger partial charge in [0.05, 0.1) is 28.5 Å². The monoisotopic (exact) mass is 634 g/mol. The minimum absolute atomic E-state index is 0.181. The fourth-order valence-corrected chi connectivity index (χ4v) is 5.89. The zero-order valence-electron chi connectivity index (χ0n) is 21.4. The third kappa shape index (κ3) is 5.17. The van der Waals surface area contributed by atoms with Gasteiger partial charge in [0.25, 0.3) is 5.56 Å². The van der Waals surface area contributed by atoms with Crippen LogP contribution in [0.15, 0.2) is 94.2 Å². The summed E-state index contributed by atoms with van der Waals surface area (Å²) in [5.74, 6) is -0.111. The van der Waals surface area contributed by atoms with E-state index in [2.05, 4.69) is 48.6 Å². The zero-order valence-corrected chi connectivity index (χ0v) is 24.3. The highest BCUT2D eigenvalue weighted by Gasteiger charge is 2.35. The van der Waals surface area contributed by atoms with Crippen molar-refractivity contribution < 1.29 is 9.53 Å². The number of hydrogen-bond donors (Lipinski definition) is 0. The molecule has 0 unspecified atom stereocenters. The van der Waals surface area contributed by atoms with E-state index >= 15 is 0 Å². The van der Waals surface area contributed by atoms with Crippen molar-refractivity contribution in [1.82, 2.24) is 4.57 Å². The van der Waals surface area contributed by atoms with E-state index in [0.717, 1.165) is 20.3 Å². The molecule has 0 bridgehead atoms.